The molecule has 2 aromatic heterocycles. The second-order valence-electron chi connectivity index (χ2n) is 7.89. The Labute approximate surface area is 204 Å². The van der Waals surface area contributed by atoms with Crippen molar-refractivity contribution in [1.29, 1.82) is 5.26 Å². The van der Waals surface area contributed by atoms with E-state index in [0.29, 0.717) is 0 Å². The molecule has 2 aromatic carbocycles. The summed E-state index contributed by atoms with van der Waals surface area (Å²) in [6.45, 7) is -0.277. The molecule has 0 aliphatic carbocycles. The fourth-order valence-corrected chi connectivity index (χ4v) is 4.00. The maximum Gasteiger partial charge on any atom is 0.418 e. The molecule has 0 bridgehead atoms. The number of halogens is 6. The first-order valence-electron chi connectivity index (χ1n) is 10.6. The molecule has 0 spiro atoms. The minimum atomic E-state index is -4.85. The van der Waals surface area contributed by atoms with Gasteiger partial charge in [-0.1, -0.05) is 17.3 Å². The number of nitrogens with zero attached hydrogens (tertiary/aromatic N) is 4. The minimum Gasteiger partial charge on any atom is -0.469 e. The lowest BCUT2D eigenvalue weighted by molar-refractivity contribution is -0.140. The number of benzene rings is 2. The van der Waals surface area contributed by atoms with Gasteiger partial charge in [-0.15, -0.1) is 0 Å². The molecule has 7 nitrogen and oxygen atoms in total. The Morgan fingerprint density at radius 3 is 2.49 bits per heavy atom. The van der Waals surface area contributed by atoms with Crippen LogP contribution in [0.3, 0.4) is 0 Å². The van der Waals surface area contributed by atoms with E-state index < -0.39 is 40.9 Å². The van der Waals surface area contributed by atoms with E-state index in [-0.39, 0.29) is 47.4 Å². The van der Waals surface area contributed by atoms with Gasteiger partial charge in [-0.05, 0) is 36.8 Å². The van der Waals surface area contributed by atoms with Crippen LogP contribution in [0, 0.1) is 11.3 Å². The lowest BCUT2D eigenvalue weighted by Gasteiger charge is -2.12. The number of hydrogen-bond donors (Lipinski definition) is 0. The Bertz CT molecular complexity index is 1510. The summed E-state index contributed by atoms with van der Waals surface area (Å²) in [6, 6.07) is 9.66. The van der Waals surface area contributed by atoms with Gasteiger partial charge in [0, 0.05) is 16.6 Å². The van der Waals surface area contributed by atoms with Gasteiger partial charge in [0.1, 0.15) is 0 Å². The molecule has 0 fully saturated rings. The number of rotatable bonds is 6. The van der Waals surface area contributed by atoms with Crippen molar-refractivity contribution in [3.8, 4) is 17.5 Å². The van der Waals surface area contributed by atoms with Crippen molar-refractivity contribution >= 4 is 16.9 Å². The number of carbonyl (C=O) groups is 1. The van der Waals surface area contributed by atoms with Crippen LogP contribution >= 0.6 is 0 Å². The number of nitriles is 1. The maximum atomic E-state index is 13.9. The molecule has 0 atom stereocenters. The summed E-state index contributed by atoms with van der Waals surface area (Å²) in [5, 5.41) is 12.7. The standard InChI is InChI=1S/C24H16F6N4O3/c1-36-20(35)9-7-14-10-16-18(8-6-13(11-31)21(16)24(28,29)30)34(14)12-19-32-22(37-33-19)15-4-2-3-5-17(15)23(25,26)27/h2-6,8,10H,7,9,12H2,1H3. The second kappa shape index (κ2) is 9.61. The Morgan fingerprint density at radius 1 is 1.11 bits per heavy atom. The third kappa shape index (κ3) is 5.13. The van der Waals surface area contributed by atoms with Gasteiger partial charge in [-0.3, -0.25) is 4.79 Å². The smallest absolute Gasteiger partial charge is 0.418 e. The Balaban J connectivity index is 1.81. The predicted octanol–water partition coefficient (Wildman–Crippen LogP) is 5.75. The topological polar surface area (TPSA) is 93.9 Å². The average molecular weight is 522 g/mol. The average Bonchev–Trinajstić information content (AvgIpc) is 3.45. The van der Waals surface area contributed by atoms with Gasteiger partial charge >= 0.3 is 18.3 Å². The lowest BCUT2D eigenvalue weighted by Crippen LogP contribution is -2.10. The molecule has 0 saturated carbocycles. The SMILES string of the molecule is COC(=O)CCc1cc2c(C(F)(F)F)c(C#N)ccc2n1Cc1noc(-c2ccccc2C(F)(F)F)n1. The monoisotopic (exact) mass is 522 g/mol. The van der Waals surface area contributed by atoms with Gasteiger partial charge in [-0.2, -0.15) is 36.6 Å². The van der Waals surface area contributed by atoms with Gasteiger partial charge in [-0.25, -0.2) is 0 Å². The molecule has 0 aliphatic rings. The fraction of sp³-hybridized carbons (Fsp3) is 0.250. The third-order valence-electron chi connectivity index (χ3n) is 5.62. The minimum absolute atomic E-state index is 0.0256. The maximum absolute atomic E-state index is 13.9. The van der Waals surface area contributed by atoms with E-state index in [1.807, 2.05) is 0 Å². The number of aromatic nitrogens is 3. The van der Waals surface area contributed by atoms with E-state index >= 15 is 0 Å². The molecule has 4 rings (SSSR count). The van der Waals surface area contributed by atoms with E-state index in [1.54, 1.807) is 0 Å². The quantitative estimate of drug-likeness (QED) is 0.236. The number of ether oxygens (including phenoxy) is 1. The van der Waals surface area contributed by atoms with E-state index in [2.05, 4.69) is 14.9 Å². The first kappa shape index (κ1) is 25.7. The summed E-state index contributed by atoms with van der Waals surface area (Å²) in [5.74, 6) is -1.13. The normalized spacial score (nSPS) is 12.1. The van der Waals surface area contributed by atoms with Crippen molar-refractivity contribution in [3.05, 3.63) is 70.7 Å². The highest BCUT2D eigenvalue weighted by molar-refractivity contribution is 5.87. The highest BCUT2D eigenvalue weighted by Crippen LogP contribution is 2.39. The molecule has 192 valence electrons. The molecule has 13 heteroatoms. The van der Waals surface area contributed by atoms with Gasteiger partial charge in [0.25, 0.3) is 5.89 Å². The van der Waals surface area contributed by atoms with Crippen LogP contribution in [0.2, 0.25) is 0 Å². The number of carbonyl (C=O) groups excluding carboxylic acids is 1. The Hall–Kier alpha value is -4.34. The summed E-state index contributed by atoms with van der Waals surface area (Å²) in [4.78, 5) is 15.7. The Morgan fingerprint density at radius 2 is 1.84 bits per heavy atom. The summed E-state index contributed by atoms with van der Waals surface area (Å²) in [5.41, 5.74) is -2.73. The molecule has 0 saturated heterocycles. The zero-order valence-corrected chi connectivity index (χ0v) is 18.9. The zero-order valence-electron chi connectivity index (χ0n) is 18.9. The van der Waals surface area contributed by atoms with Crippen molar-refractivity contribution in [1.82, 2.24) is 14.7 Å². The molecule has 0 aliphatic heterocycles. The molecule has 37 heavy (non-hydrogen) atoms. The largest absolute Gasteiger partial charge is 0.469 e. The number of methoxy groups -OCH3 is 1. The summed E-state index contributed by atoms with van der Waals surface area (Å²) in [7, 11) is 1.17. The van der Waals surface area contributed by atoms with Crippen LogP contribution in [0.4, 0.5) is 26.3 Å². The predicted molar refractivity (Wildman–Crippen MR) is 116 cm³/mol. The lowest BCUT2D eigenvalue weighted by atomic mass is 10.0. The first-order chi connectivity index (χ1) is 17.4. The van der Waals surface area contributed by atoms with Crippen molar-refractivity contribution < 1.29 is 40.4 Å². The van der Waals surface area contributed by atoms with Gasteiger partial charge in [0.15, 0.2) is 5.82 Å². The molecular weight excluding hydrogens is 506 g/mol. The summed E-state index contributed by atoms with van der Waals surface area (Å²) >= 11 is 0. The first-order valence-corrected chi connectivity index (χ1v) is 10.6. The van der Waals surface area contributed by atoms with E-state index in [1.165, 1.54) is 42.0 Å². The van der Waals surface area contributed by atoms with Gasteiger partial charge in [0.05, 0.1) is 48.4 Å². The van der Waals surface area contributed by atoms with Crippen LogP contribution < -0.4 is 0 Å². The van der Waals surface area contributed by atoms with E-state index in [0.717, 1.165) is 18.2 Å². The number of alkyl halides is 6. The van der Waals surface area contributed by atoms with Crippen LogP contribution in [-0.4, -0.2) is 27.8 Å². The Kier molecular flexibility index (Phi) is 6.68. The van der Waals surface area contributed by atoms with Gasteiger partial charge in [0.2, 0.25) is 0 Å². The fourth-order valence-electron chi connectivity index (χ4n) is 4.00. The molecular formula is C24H16F6N4O3. The number of esters is 1. The van der Waals surface area contributed by atoms with E-state index in [4.69, 9.17) is 4.52 Å². The van der Waals surface area contributed by atoms with Crippen molar-refractivity contribution in [3.63, 3.8) is 0 Å². The van der Waals surface area contributed by atoms with E-state index in [9.17, 15) is 36.4 Å². The highest BCUT2D eigenvalue weighted by atomic mass is 19.4. The molecule has 2 heterocycles. The van der Waals surface area contributed by atoms with Gasteiger partial charge < -0.3 is 13.8 Å². The van der Waals surface area contributed by atoms with Crippen molar-refractivity contribution in [2.24, 2.45) is 0 Å². The van der Waals surface area contributed by atoms with Crippen LogP contribution in [0.15, 0.2) is 47.0 Å². The second-order valence-corrected chi connectivity index (χ2v) is 7.89. The van der Waals surface area contributed by atoms with Crippen molar-refractivity contribution in [2.45, 2.75) is 31.7 Å². The van der Waals surface area contributed by atoms with Crippen molar-refractivity contribution in [2.75, 3.05) is 7.11 Å². The molecule has 0 radical (unpaired) electrons. The number of aryl methyl sites for hydroxylation is 1. The van der Waals surface area contributed by atoms with Crippen LogP contribution in [0.25, 0.3) is 22.4 Å². The van der Waals surface area contributed by atoms with Crippen LogP contribution in [0.5, 0.6) is 0 Å². The molecule has 0 unspecified atom stereocenters. The highest BCUT2D eigenvalue weighted by Gasteiger charge is 2.37. The molecule has 0 amide bonds. The summed E-state index contributed by atoms with van der Waals surface area (Å²) in [6.07, 6.45) is -9.72. The molecule has 0 N–H and O–H groups in total. The molecule has 4 aromatic rings. The summed E-state index contributed by atoms with van der Waals surface area (Å²) < 4.78 is 92.8. The zero-order chi connectivity index (χ0) is 27.0. The third-order valence-corrected chi connectivity index (χ3v) is 5.62. The van der Waals surface area contributed by atoms with Crippen LogP contribution in [-0.2, 0) is 34.8 Å². The number of hydrogen-bond acceptors (Lipinski definition) is 6. The number of fused-ring (bicyclic) bond motifs is 1. The van der Waals surface area contributed by atoms with Crippen LogP contribution in [0.1, 0.15) is 34.6 Å².